The zero-order chi connectivity index (χ0) is 15.2. The number of non-ortho nitro benzene ring substituents is 1. The molecule has 1 aromatic heterocycles. The predicted octanol–water partition coefficient (Wildman–Crippen LogP) is 3.26. The molecule has 0 fully saturated rings. The van der Waals surface area contributed by atoms with Crippen molar-refractivity contribution in [3.8, 4) is 0 Å². The Hall–Kier alpha value is -1.76. The zero-order valence-corrected chi connectivity index (χ0v) is 12.5. The summed E-state index contributed by atoms with van der Waals surface area (Å²) < 4.78 is 0. The fraction of sp³-hybridized carbons (Fsp3) is 0.333. The monoisotopic (exact) mass is 306 g/mol. The maximum Gasteiger partial charge on any atom is 0.269 e. The number of aliphatic hydroxyl groups is 1. The van der Waals surface area contributed by atoms with E-state index in [4.69, 9.17) is 0 Å². The Morgan fingerprint density at radius 3 is 2.62 bits per heavy atom. The van der Waals surface area contributed by atoms with E-state index in [0.29, 0.717) is 13.0 Å². The Bertz CT molecular complexity index is 569. The van der Waals surface area contributed by atoms with Crippen LogP contribution < -0.4 is 5.32 Å². The maximum atomic E-state index is 10.6. The number of nitro benzene ring substituents is 1. The van der Waals surface area contributed by atoms with E-state index in [2.05, 4.69) is 5.32 Å². The number of aliphatic hydroxyl groups excluding tert-OH is 1. The summed E-state index contributed by atoms with van der Waals surface area (Å²) in [7, 11) is 0. The smallest absolute Gasteiger partial charge is 0.269 e. The average Bonchev–Trinajstić information content (AvgIpc) is 3.00. The standard InChI is InChI=1S/C15H18N2O3S/c1-11(9-14(18)15-3-2-8-21-15)16-10-12-4-6-13(7-5-12)17(19)20/h2-8,11,14,16,18H,9-10H2,1H3. The van der Waals surface area contributed by atoms with E-state index in [1.165, 1.54) is 12.1 Å². The van der Waals surface area contributed by atoms with Gasteiger partial charge in [-0.1, -0.05) is 18.2 Å². The van der Waals surface area contributed by atoms with Crippen molar-refractivity contribution >= 4 is 17.0 Å². The number of benzene rings is 1. The van der Waals surface area contributed by atoms with Gasteiger partial charge in [-0.3, -0.25) is 10.1 Å². The molecule has 0 spiro atoms. The van der Waals surface area contributed by atoms with Crippen LogP contribution in [0.5, 0.6) is 0 Å². The van der Waals surface area contributed by atoms with Crippen molar-refractivity contribution in [2.45, 2.75) is 32.0 Å². The summed E-state index contributed by atoms with van der Waals surface area (Å²) in [6.07, 6.45) is 0.178. The molecule has 0 amide bonds. The van der Waals surface area contributed by atoms with Gasteiger partial charge in [-0.2, -0.15) is 0 Å². The molecule has 0 aliphatic carbocycles. The van der Waals surface area contributed by atoms with Gasteiger partial charge in [0.2, 0.25) is 0 Å². The lowest BCUT2D eigenvalue weighted by atomic mass is 10.1. The molecule has 21 heavy (non-hydrogen) atoms. The van der Waals surface area contributed by atoms with Gasteiger partial charge in [0.15, 0.2) is 0 Å². The van der Waals surface area contributed by atoms with E-state index >= 15 is 0 Å². The second-order valence-electron chi connectivity index (χ2n) is 4.97. The summed E-state index contributed by atoms with van der Waals surface area (Å²) in [4.78, 5) is 11.1. The van der Waals surface area contributed by atoms with Gasteiger partial charge in [0.25, 0.3) is 5.69 Å². The van der Waals surface area contributed by atoms with Crippen LogP contribution in [0.2, 0.25) is 0 Å². The molecule has 0 aliphatic rings. The molecule has 6 heteroatoms. The van der Waals surface area contributed by atoms with E-state index in [1.807, 2.05) is 24.4 Å². The number of hydrogen-bond donors (Lipinski definition) is 2. The van der Waals surface area contributed by atoms with Gasteiger partial charge < -0.3 is 10.4 Å². The molecule has 2 atom stereocenters. The van der Waals surface area contributed by atoms with E-state index in [0.717, 1.165) is 10.4 Å². The van der Waals surface area contributed by atoms with Crippen LogP contribution in [-0.2, 0) is 6.54 Å². The third-order valence-electron chi connectivity index (χ3n) is 3.25. The molecule has 0 aliphatic heterocycles. The third-order valence-corrected chi connectivity index (χ3v) is 4.22. The Morgan fingerprint density at radius 1 is 1.33 bits per heavy atom. The fourth-order valence-electron chi connectivity index (χ4n) is 2.04. The number of thiophene rings is 1. The highest BCUT2D eigenvalue weighted by atomic mass is 32.1. The van der Waals surface area contributed by atoms with Gasteiger partial charge in [0.05, 0.1) is 11.0 Å². The minimum absolute atomic E-state index is 0.0971. The molecular formula is C15H18N2O3S. The minimum atomic E-state index is -0.454. The highest BCUT2D eigenvalue weighted by Crippen LogP contribution is 2.23. The Morgan fingerprint density at radius 2 is 2.05 bits per heavy atom. The molecule has 0 bridgehead atoms. The van der Waals surface area contributed by atoms with Crippen LogP contribution in [0.3, 0.4) is 0 Å². The SMILES string of the molecule is CC(CC(O)c1cccs1)NCc1ccc([N+](=O)[O-])cc1. The van der Waals surface area contributed by atoms with Crippen LogP contribution in [0.1, 0.15) is 29.9 Å². The highest BCUT2D eigenvalue weighted by Gasteiger charge is 2.13. The summed E-state index contributed by atoms with van der Waals surface area (Å²) in [5, 5.41) is 25.9. The topological polar surface area (TPSA) is 75.4 Å². The van der Waals surface area contributed by atoms with Crippen molar-refractivity contribution in [1.82, 2.24) is 5.32 Å². The number of hydrogen-bond acceptors (Lipinski definition) is 5. The van der Waals surface area contributed by atoms with Gasteiger partial charge in [0, 0.05) is 29.6 Å². The minimum Gasteiger partial charge on any atom is -0.388 e. The molecule has 5 nitrogen and oxygen atoms in total. The van der Waals surface area contributed by atoms with Crippen molar-refractivity contribution in [3.05, 3.63) is 62.3 Å². The first-order valence-corrected chi connectivity index (χ1v) is 7.62. The number of nitrogens with one attached hydrogen (secondary N) is 1. The van der Waals surface area contributed by atoms with Crippen LogP contribution in [0.25, 0.3) is 0 Å². The number of nitrogens with zero attached hydrogens (tertiary/aromatic N) is 1. The van der Waals surface area contributed by atoms with E-state index in [1.54, 1.807) is 23.5 Å². The molecule has 1 heterocycles. The fourth-order valence-corrected chi connectivity index (χ4v) is 2.77. The molecule has 2 rings (SSSR count). The lowest BCUT2D eigenvalue weighted by molar-refractivity contribution is -0.384. The first-order chi connectivity index (χ1) is 10.1. The summed E-state index contributed by atoms with van der Waals surface area (Å²) in [6.45, 7) is 2.64. The summed E-state index contributed by atoms with van der Waals surface area (Å²) in [5.74, 6) is 0. The molecule has 2 N–H and O–H groups in total. The van der Waals surface area contributed by atoms with Crippen LogP contribution >= 0.6 is 11.3 Å². The summed E-state index contributed by atoms with van der Waals surface area (Å²) >= 11 is 1.55. The van der Waals surface area contributed by atoms with Gasteiger partial charge in [-0.05, 0) is 30.4 Å². The lowest BCUT2D eigenvalue weighted by Gasteiger charge is -2.17. The first kappa shape index (κ1) is 15.6. The Kier molecular flexibility index (Phi) is 5.44. The zero-order valence-electron chi connectivity index (χ0n) is 11.7. The number of rotatable bonds is 7. The van der Waals surface area contributed by atoms with E-state index in [-0.39, 0.29) is 11.7 Å². The molecule has 1 aromatic carbocycles. The maximum absolute atomic E-state index is 10.6. The van der Waals surface area contributed by atoms with Crippen molar-refractivity contribution in [2.24, 2.45) is 0 Å². The second-order valence-corrected chi connectivity index (χ2v) is 5.95. The summed E-state index contributed by atoms with van der Waals surface area (Å²) in [5.41, 5.74) is 1.08. The predicted molar refractivity (Wildman–Crippen MR) is 83.3 cm³/mol. The van der Waals surface area contributed by atoms with Crippen molar-refractivity contribution in [2.75, 3.05) is 0 Å². The van der Waals surface area contributed by atoms with Crippen molar-refractivity contribution < 1.29 is 10.0 Å². The highest BCUT2D eigenvalue weighted by molar-refractivity contribution is 7.10. The number of nitro groups is 1. The normalized spacial score (nSPS) is 13.8. The van der Waals surface area contributed by atoms with Crippen molar-refractivity contribution in [3.63, 3.8) is 0 Å². The van der Waals surface area contributed by atoms with Crippen LogP contribution in [0, 0.1) is 10.1 Å². The average molecular weight is 306 g/mol. The summed E-state index contributed by atoms with van der Waals surface area (Å²) in [6, 6.07) is 10.5. The van der Waals surface area contributed by atoms with Gasteiger partial charge in [-0.15, -0.1) is 11.3 Å². The van der Waals surface area contributed by atoms with Gasteiger partial charge in [-0.25, -0.2) is 0 Å². The third kappa shape index (κ3) is 4.63. The van der Waals surface area contributed by atoms with Crippen LogP contribution in [0.4, 0.5) is 5.69 Å². The Labute approximate surface area is 127 Å². The first-order valence-electron chi connectivity index (χ1n) is 6.74. The molecule has 112 valence electrons. The molecule has 0 radical (unpaired) electrons. The van der Waals surface area contributed by atoms with Gasteiger partial charge >= 0.3 is 0 Å². The van der Waals surface area contributed by atoms with E-state index < -0.39 is 11.0 Å². The van der Waals surface area contributed by atoms with Crippen molar-refractivity contribution in [1.29, 1.82) is 0 Å². The molecule has 2 aromatic rings. The molecular weight excluding hydrogens is 288 g/mol. The quantitative estimate of drug-likeness (QED) is 0.608. The Balaban J connectivity index is 1.80. The largest absolute Gasteiger partial charge is 0.388 e. The van der Waals surface area contributed by atoms with Crippen LogP contribution in [-0.4, -0.2) is 16.1 Å². The molecule has 2 unspecified atom stereocenters. The molecule has 0 saturated heterocycles. The van der Waals surface area contributed by atoms with Gasteiger partial charge in [0.1, 0.15) is 0 Å². The lowest BCUT2D eigenvalue weighted by Crippen LogP contribution is -2.27. The second kappa shape index (κ2) is 7.31. The van der Waals surface area contributed by atoms with E-state index in [9.17, 15) is 15.2 Å². The van der Waals surface area contributed by atoms with Crippen LogP contribution in [0.15, 0.2) is 41.8 Å². The molecule has 0 saturated carbocycles.